The minimum absolute atomic E-state index is 0.00542. The summed E-state index contributed by atoms with van der Waals surface area (Å²) in [6, 6.07) is -0.634. The fourth-order valence-electron chi connectivity index (χ4n) is 9.65. The maximum absolute atomic E-state index is 12.5. The van der Waals surface area contributed by atoms with E-state index in [0.717, 1.165) is 57.8 Å². The molecular weight excluding hydrogens is 887 g/mol. The predicted octanol–water partition coefficient (Wildman–Crippen LogP) is 20.1. The second-order valence-electron chi connectivity index (χ2n) is 21.7. The van der Waals surface area contributed by atoms with Crippen LogP contribution in [0.25, 0.3) is 0 Å². The Morgan fingerprint density at radius 1 is 0.389 bits per heavy atom. The summed E-state index contributed by atoms with van der Waals surface area (Å²) < 4.78 is 5.47. The number of esters is 1. The summed E-state index contributed by atoms with van der Waals surface area (Å²) in [5, 5.41) is 23.2. The van der Waals surface area contributed by atoms with Crippen LogP contribution >= 0.6 is 0 Å². The molecule has 0 aliphatic rings. The second kappa shape index (κ2) is 61.4. The van der Waals surface area contributed by atoms with Crippen molar-refractivity contribution >= 4 is 11.9 Å². The van der Waals surface area contributed by atoms with E-state index in [9.17, 15) is 19.8 Å². The summed E-state index contributed by atoms with van der Waals surface area (Å²) in [4.78, 5) is 24.5. The van der Waals surface area contributed by atoms with Crippen molar-refractivity contribution in [3.8, 4) is 0 Å². The molecule has 0 aromatic carbocycles. The monoisotopic (exact) mass is 1010 g/mol. The van der Waals surface area contributed by atoms with Crippen molar-refractivity contribution < 1.29 is 24.5 Å². The molecule has 6 heteroatoms. The summed E-state index contributed by atoms with van der Waals surface area (Å²) in [6.45, 7) is 4.87. The van der Waals surface area contributed by atoms with Gasteiger partial charge in [-0.1, -0.05) is 287 Å². The van der Waals surface area contributed by atoms with Gasteiger partial charge in [-0.25, -0.2) is 0 Å². The third-order valence-corrected chi connectivity index (χ3v) is 14.6. The van der Waals surface area contributed by atoms with E-state index in [1.165, 1.54) is 250 Å². The van der Waals surface area contributed by atoms with Gasteiger partial charge in [-0.15, -0.1) is 0 Å². The molecule has 0 saturated carbocycles. The van der Waals surface area contributed by atoms with E-state index in [0.29, 0.717) is 19.4 Å². The quantitative estimate of drug-likeness (QED) is 0.0320. The van der Waals surface area contributed by atoms with E-state index in [-0.39, 0.29) is 18.5 Å². The molecule has 0 aromatic heterocycles. The van der Waals surface area contributed by atoms with Gasteiger partial charge < -0.3 is 20.3 Å². The Kier molecular flexibility index (Phi) is 59.5. The van der Waals surface area contributed by atoms with Gasteiger partial charge in [-0.05, 0) is 83.5 Å². The van der Waals surface area contributed by atoms with Crippen LogP contribution in [0, 0.1) is 0 Å². The Balaban J connectivity index is 3.46. The molecule has 0 aliphatic carbocycles. The molecule has 0 radical (unpaired) electrons. The number of allylic oxidation sites excluding steroid dienone is 7. The molecule has 0 rings (SSSR count). The normalized spacial score (nSPS) is 12.9. The Morgan fingerprint density at radius 2 is 0.708 bits per heavy atom. The van der Waals surface area contributed by atoms with Crippen LogP contribution in [0.15, 0.2) is 48.6 Å². The number of hydrogen-bond donors (Lipinski definition) is 3. The molecule has 0 aromatic rings. The Bertz CT molecular complexity index is 1210. The van der Waals surface area contributed by atoms with Crippen molar-refractivity contribution in [2.24, 2.45) is 0 Å². The molecule has 6 nitrogen and oxygen atoms in total. The van der Waals surface area contributed by atoms with E-state index in [4.69, 9.17) is 4.74 Å². The van der Waals surface area contributed by atoms with Gasteiger partial charge in [-0.3, -0.25) is 9.59 Å². The van der Waals surface area contributed by atoms with E-state index in [1.807, 2.05) is 6.08 Å². The SMILES string of the molecule is CCCC/C=C\C/C=C\CCCCCCCC(=O)OCCCCCCCCCCCCC/C=C\CCCCCCCCCC(=O)NC(CO)C(O)/C=C/CCCCCCCCCCCCCCCCCCC. The number of carbonyl (C=O) groups is 2. The molecule has 0 aliphatic heterocycles. The van der Waals surface area contributed by atoms with Gasteiger partial charge in [0.2, 0.25) is 5.91 Å². The number of aliphatic hydroxyl groups is 2. The Morgan fingerprint density at radius 3 is 1.11 bits per heavy atom. The number of nitrogens with one attached hydrogen (secondary N) is 1. The Labute approximate surface area is 448 Å². The van der Waals surface area contributed by atoms with Crippen LogP contribution in [-0.4, -0.2) is 47.4 Å². The lowest BCUT2D eigenvalue weighted by Crippen LogP contribution is -2.45. The number of rotatable bonds is 59. The topological polar surface area (TPSA) is 95.9 Å². The molecule has 2 atom stereocenters. The third-order valence-electron chi connectivity index (χ3n) is 14.6. The molecule has 0 saturated heterocycles. The van der Waals surface area contributed by atoms with Crippen molar-refractivity contribution in [1.29, 1.82) is 0 Å². The molecule has 422 valence electrons. The first kappa shape index (κ1) is 69.8. The third kappa shape index (κ3) is 57.1. The molecule has 0 spiro atoms. The average molecular weight is 1010 g/mol. The lowest BCUT2D eigenvalue weighted by atomic mass is 10.0. The standard InChI is InChI=1S/C66H123NO5/c1-3-5-7-9-11-13-15-17-19-20-25-28-31-34-38-42-46-50-54-58-64(69)63(62-68)67-65(70)59-55-51-47-43-39-35-32-29-26-23-21-22-24-27-30-33-37-41-45-49-53-57-61-72-66(71)60-56-52-48-44-40-36-18-16-14-12-10-8-6-4-2/h10,12,16,18,23,26,54,58,63-64,68-69H,3-9,11,13-15,17,19-22,24-25,27-53,55-57,59-62H2,1-2H3,(H,67,70)/b12-10-,18-16-,26-23-,58-54+. The maximum Gasteiger partial charge on any atom is 0.305 e. The van der Waals surface area contributed by atoms with Crippen LogP contribution in [0.1, 0.15) is 335 Å². The van der Waals surface area contributed by atoms with Crippen LogP contribution in [0.3, 0.4) is 0 Å². The first-order valence-electron chi connectivity index (χ1n) is 31.9. The van der Waals surface area contributed by atoms with Gasteiger partial charge in [0.15, 0.2) is 0 Å². The fourth-order valence-corrected chi connectivity index (χ4v) is 9.65. The largest absolute Gasteiger partial charge is 0.466 e. The molecule has 0 fully saturated rings. The van der Waals surface area contributed by atoms with E-state index < -0.39 is 12.1 Å². The molecule has 2 unspecified atom stereocenters. The Hall–Kier alpha value is -2.18. The van der Waals surface area contributed by atoms with Crippen LogP contribution in [0.2, 0.25) is 0 Å². The van der Waals surface area contributed by atoms with Gasteiger partial charge in [0.25, 0.3) is 0 Å². The van der Waals surface area contributed by atoms with Crippen LogP contribution in [0.5, 0.6) is 0 Å². The van der Waals surface area contributed by atoms with Gasteiger partial charge in [0.1, 0.15) is 0 Å². The zero-order chi connectivity index (χ0) is 52.2. The lowest BCUT2D eigenvalue weighted by Gasteiger charge is -2.20. The zero-order valence-corrected chi connectivity index (χ0v) is 48.2. The van der Waals surface area contributed by atoms with Gasteiger partial charge >= 0.3 is 5.97 Å². The number of aliphatic hydroxyl groups excluding tert-OH is 2. The van der Waals surface area contributed by atoms with Crippen molar-refractivity contribution in [3.05, 3.63) is 48.6 Å². The molecule has 3 N–H and O–H groups in total. The van der Waals surface area contributed by atoms with E-state index >= 15 is 0 Å². The summed E-state index contributed by atoms with van der Waals surface area (Å²) in [6.07, 6.45) is 78.7. The van der Waals surface area contributed by atoms with Crippen molar-refractivity contribution in [3.63, 3.8) is 0 Å². The molecule has 72 heavy (non-hydrogen) atoms. The second-order valence-corrected chi connectivity index (χ2v) is 21.7. The zero-order valence-electron chi connectivity index (χ0n) is 48.2. The molecule has 1 amide bonds. The van der Waals surface area contributed by atoms with Crippen molar-refractivity contribution in [2.75, 3.05) is 13.2 Å². The average Bonchev–Trinajstić information content (AvgIpc) is 3.38. The van der Waals surface area contributed by atoms with Crippen molar-refractivity contribution in [1.82, 2.24) is 5.32 Å². The number of unbranched alkanes of at least 4 members (excludes halogenated alkanes) is 42. The maximum atomic E-state index is 12.5. The summed E-state index contributed by atoms with van der Waals surface area (Å²) in [7, 11) is 0. The number of amides is 1. The number of ether oxygens (including phenoxy) is 1. The van der Waals surface area contributed by atoms with Gasteiger partial charge in [-0.2, -0.15) is 0 Å². The van der Waals surface area contributed by atoms with E-state index in [1.54, 1.807) is 6.08 Å². The summed E-state index contributed by atoms with van der Waals surface area (Å²) in [5.74, 6) is -0.0788. The fraction of sp³-hybridized carbons (Fsp3) is 0.848. The molecule has 0 heterocycles. The minimum atomic E-state index is -0.850. The highest BCUT2D eigenvalue weighted by molar-refractivity contribution is 5.76. The lowest BCUT2D eigenvalue weighted by molar-refractivity contribution is -0.143. The van der Waals surface area contributed by atoms with Crippen LogP contribution in [0.4, 0.5) is 0 Å². The highest BCUT2D eigenvalue weighted by Crippen LogP contribution is 2.17. The summed E-state index contributed by atoms with van der Waals surface area (Å²) in [5.41, 5.74) is 0. The highest BCUT2D eigenvalue weighted by Gasteiger charge is 2.18. The highest BCUT2D eigenvalue weighted by atomic mass is 16.5. The smallest absolute Gasteiger partial charge is 0.305 e. The first-order chi connectivity index (χ1) is 35.5. The molecular formula is C66H123NO5. The summed E-state index contributed by atoms with van der Waals surface area (Å²) >= 11 is 0. The molecule has 0 bridgehead atoms. The van der Waals surface area contributed by atoms with Gasteiger partial charge in [0.05, 0.1) is 25.4 Å². The van der Waals surface area contributed by atoms with E-state index in [2.05, 4.69) is 55.6 Å². The minimum Gasteiger partial charge on any atom is -0.466 e. The van der Waals surface area contributed by atoms with Crippen molar-refractivity contribution in [2.45, 2.75) is 347 Å². The van der Waals surface area contributed by atoms with Crippen LogP contribution < -0.4 is 5.32 Å². The van der Waals surface area contributed by atoms with Crippen LogP contribution in [-0.2, 0) is 14.3 Å². The number of carbonyl (C=O) groups excluding carboxylic acids is 2. The number of hydrogen-bond acceptors (Lipinski definition) is 5. The predicted molar refractivity (Wildman–Crippen MR) is 315 cm³/mol. The van der Waals surface area contributed by atoms with Gasteiger partial charge in [0, 0.05) is 12.8 Å². The first-order valence-corrected chi connectivity index (χ1v) is 31.9.